The van der Waals surface area contributed by atoms with Crippen LogP contribution in [0.25, 0.3) is 22.0 Å². The summed E-state index contributed by atoms with van der Waals surface area (Å²) in [5.74, 6) is 0. The number of hydrogen-bond acceptors (Lipinski definition) is 2. The number of para-hydroxylation sites is 1. The summed E-state index contributed by atoms with van der Waals surface area (Å²) in [4.78, 5) is 15.8. The van der Waals surface area contributed by atoms with Crippen molar-refractivity contribution in [2.24, 2.45) is 0 Å². The van der Waals surface area contributed by atoms with Crippen LogP contribution in [0.2, 0.25) is 0 Å². The molecule has 1 aromatic heterocycles. The van der Waals surface area contributed by atoms with Crippen LogP contribution in [0.1, 0.15) is 38.5 Å². The maximum Gasteiger partial charge on any atom is 0.258 e. The third-order valence-corrected chi connectivity index (χ3v) is 5.89. The van der Waals surface area contributed by atoms with E-state index in [1.165, 1.54) is 51.7 Å². The van der Waals surface area contributed by atoms with Gasteiger partial charge in [0.1, 0.15) is 0 Å². The second kappa shape index (κ2) is 9.20. The first kappa shape index (κ1) is 18.9. The topological polar surface area (TPSA) is 25.2 Å². The molecule has 0 atom stereocenters. The first-order valence-electron chi connectivity index (χ1n) is 10.7. The molecule has 1 aliphatic heterocycles. The summed E-state index contributed by atoms with van der Waals surface area (Å²) in [6, 6.07) is 20.3. The first-order valence-corrected chi connectivity index (χ1v) is 10.7. The van der Waals surface area contributed by atoms with Crippen molar-refractivity contribution in [3.8, 4) is 11.1 Å². The standard InChI is InChI=1S/C25H30N2O/c28-25-23(21-12-4-1-5-13-21)20-22-14-6-7-15-24(22)27(25)19-11-3-10-18-26-16-8-2-9-17-26/h1,4-7,12-15,20H,2-3,8-11,16-19H2. The number of aryl methyl sites for hydroxylation is 1. The Labute approximate surface area is 167 Å². The Kier molecular flexibility index (Phi) is 6.23. The van der Waals surface area contributed by atoms with Crippen molar-refractivity contribution < 1.29 is 0 Å². The monoisotopic (exact) mass is 374 g/mol. The maximum absolute atomic E-state index is 13.2. The molecular formula is C25H30N2O. The summed E-state index contributed by atoms with van der Waals surface area (Å²) < 4.78 is 1.98. The van der Waals surface area contributed by atoms with E-state index in [-0.39, 0.29) is 5.56 Å². The van der Waals surface area contributed by atoms with Crippen molar-refractivity contribution in [3.05, 3.63) is 71.0 Å². The van der Waals surface area contributed by atoms with Crippen LogP contribution in [-0.2, 0) is 6.54 Å². The summed E-state index contributed by atoms with van der Waals surface area (Å²) in [5.41, 5.74) is 2.97. The number of unbranched alkanes of at least 4 members (excludes halogenated alkanes) is 2. The Bertz CT molecular complexity index is 955. The van der Waals surface area contributed by atoms with Crippen molar-refractivity contribution in [1.29, 1.82) is 0 Å². The summed E-state index contributed by atoms with van der Waals surface area (Å²) >= 11 is 0. The van der Waals surface area contributed by atoms with Gasteiger partial charge in [-0.2, -0.15) is 0 Å². The molecular weight excluding hydrogens is 344 g/mol. The van der Waals surface area contributed by atoms with Gasteiger partial charge in [-0.25, -0.2) is 0 Å². The first-order chi connectivity index (χ1) is 13.8. The molecule has 0 unspecified atom stereocenters. The van der Waals surface area contributed by atoms with Crippen LogP contribution in [0.15, 0.2) is 65.5 Å². The molecule has 3 aromatic rings. The molecule has 0 saturated carbocycles. The molecule has 2 aromatic carbocycles. The Morgan fingerprint density at radius 2 is 1.46 bits per heavy atom. The third-order valence-electron chi connectivity index (χ3n) is 5.89. The van der Waals surface area contributed by atoms with E-state index in [4.69, 9.17) is 0 Å². The Morgan fingerprint density at radius 3 is 2.29 bits per heavy atom. The lowest BCUT2D eigenvalue weighted by Crippen LogP contribution is -2.30. The minimum Gasteiger partial charge on any atom is -0.308 e. The normalized spacial score (nSPS) is 15.1. The van der Waals surface area contributed by atoms with Gasteiger partial charge in [0.15, 0.2) is 0 Å². The van der Waals surface area contributed by atoms with Gasteiger partial charge < -0.3 is 9.47 Å². The number of rotatable bonds is 7. The Hall–Kier alpha value is -2.39. The molecule has 146 valence electrons. The van der Waals surface area contributed by atoms with Gasteiger partial charge in [0.25, 0.3) is 5.56 Å². The summed E-state index contributed by atoms with van der Waals surface area (Å²) in [6.45, 7) is 4.53. The van der Waals surface area contributed by atoms with Gasteiger partial charge in [0, 0.05) is 12.1 Å². The number of fused-ring (bicyclic) bond motifs is 1. The molecule has 1 saturated heterocycles. The highest BCUT2D eigenvalue weighted by Gasteiger charge is 2.11. The van der Waals surface area contributed by atoms with Crippen LogP contribution in [0, 0.1) is 0 Å². The van der Waals surface area contributed by atoms with Crippen LogP contribution in [-0.4, -0.2) is 29.1 Å². The predicted molar refractivity (Wildman–Crippen MR) is 118 cm³/mol. The van der Waals surface area contributed by atoms with E-state index in [2.05, 4.69) is 17.0 Å². The Morgan fingerprint density at radius 1 is 0.750 bits per heavy atom. The number of nitrogens with zero attached hydrogens (tertiary/aromatic N) is 2. The highest BCUT2D eigenvalue weighted by atomic mass is 16.1. The van der Waals surface area contributed by atoms with Crippen molar-refractivity contribution in [2.45, 2.75) is 45.1 Å². The van der Waals surface area contributed by atoms with Crippen molar-refractivity contribution in [3.63, 3.8) is 0 Å². The second-order valence-electron chi connectivity index (χ2n) is 7.90. The van der Waals surface area contributed by atoms with Crippen LogP contribution in [0.3, 0.4) is 0 Å². The smallest absolute Gasteiger partial charge is 0.258 e. The van der Waals surface area contributed by atoms with Gasteiger partial charge in [-0.05, 0) is 68.4 Å². The van der Waals surface area contributed by atoms with Gasteiger partial charge in [0.2, 0.25) is 0 Å². The van der Waals surface area contributed by atoms with Gasteiger partial charge in [-0.15, -0.1) is 0 Å². The zero-order valence-electron chi connectivity index (χ0n) is 16.6. The molecule has 3 nitrogen and oxygen atoms in total. The highest BCUT2D eigenvalue weighted by Crippen LogP contribution is 2.21. The summed E-state index contributed by atoms with van der Waals surface area (Å²) in [5, 5.41) is 1.13. The SMILES string of the molecule is O=c1c(-c2ccccc2)cc2ccccc2n1CCCCCN1CCCCC1. The van der Waals surface area contributed by atoms with E-state index in [0.29, 0.717) is 0 Å². The highest BCUT2D eigenvalue weighted by molar-refractivity contribution is 5.84. The molecule has 1 fully saturated rings. The number of piperidine rings is 1. The predicted octanol–water partition coefficient (Wildman–Crippen LogP) is 5.32. The van der Waals surface area contributed by atoms with Gasteiger partial charge in [-0.1, -0.05) is 61.4 Å². The number of hydrogen-bond donors (Lipinski definition) is 0. The molecule has 0 spiro atoms. The van der Waals surface area contributed by atoms with E-state index in [1.54, 1.807) is 0 Å². The Balaban J connectivity index is 1.49. The van der Waals surface area contributed by atoms with Crippen LogP contribution in [0.5, 0.6) is 0 Å². The average molecular weight is 375 g/mol. The van der Waals surface area contributed by atoms with E-state index < -0.39 is 0 Å². The molecule has 0 amide bonds. The van der Waals surface area contributed by atoms with E-state index in [0.717, 1.165) is 35.0 Å². The number of benzene rings is 2. The van der Waals surface area contributed by atoms with Crippen molar-refractivity contribution >= 4 is 10.9 Å². The number of aromatic nitrogens is 1. The minimum absolute atomic E-state index is 0.126. The maximum atomic E-state index is 13.2. The summed E-state index contributed by atoms with van der Waals surface area (Å²) in [6.07, 6.45) is 7.56. The van der Waals surface area contributed by atoms with Crippen molar-refractivity contribution in [2.75, 3.05) is 19.6 Å². The molecule has 0 bridgehead atoms. The molecule has 4 rings (SSSR count). The van der Waals surface area contributed by atoms with Gasteiger partial charge in [-0.3, -0.25) is 4.79 Å². The molecule has 1 aliphatic rings. The average Bonchev–Trinajstić information content (AvgIpc) is 2.76. The zero-order valence-corrected chi connectivity index (χ0v) is 16.6. The molecule has 0 N–H and O–H groups in total. The van der Waals surface area contributed by atoms with Gasteiger partial charge in [0.05, 0.1) is 5.52 Å². The lowest BCUT2D eigenvalue weighted by molar-refractivity contribution is 0.224. The second-order valence-corrected chi connectivity index (χ2v) is 7.90. The van der Waals surface area contributed by atoms with E-state index in [1.807, 2.05) is 53.1 Å². The van der Waals surface area contributed by atoms with Crippen LogP contribution in [0.4, 0.5) is 0 Å². The fourth-order valence-electron chi connectivity index (χ4n) is 4.34. The number of pyridine rings is 1. The van der Waals surface area contributed by atoms with Crippen LogP contribution < -0.4 is 5.56 Å². The van der Waals surface area contributed by atoms with Crippen LogP contribution >= 0.6 is 0 Å². The fourth-order valence-corrected chi connectivity index (χ4v) is 4.34. The molecule has 28 heavy (non-hydrogen) atoms. The van der Waals surface area contributed by atoms with E-state index >= 15 is 0 Å². The largest absolute Gasteiger partial charge is 0.308 e. The third kappa shape index (κ3) is 4.36. The molecule has 2 heterocycles. The quantitative estimate of drug-likeness (QED) is 0.523. The van der Waals surface area contributed by atoms with E-state index in [9.17, 15) is 4.79 Å². The lowest BCUT2D eigenvalue weighted by Gasteiger charge is -2.26. The van der Waals surface area contributed by atoms with Gasteiger partial charge >= 0.3 is 0 Å². The molecule has 0 radical (unpaired) electrons. The lowest BCUT2D eigenvalue weighted by atomic mass is 10.0. The molecule has 0 aliphatic carbocycles. The van der Waals surface area contributed by atoms with Crippen molar-refractivity contribution in [1.82, 2.24) is 9.47 Å². The zero-order chi connectivity index (χ0) is 19.2. The fraction of sp³-hybridized carbons (Fsp3) is 0.400. The minimum atomic E-state index is 0.126. The summed E-state index contributed by atoms with van der Waals surface area (Å²) in [7, 11) is 0. The molecule has 3 heteroatoms. The number of likely N-dealkylation sites (tertiary alicyclic amines) is 1.